The number of hydrogen-bond donors (Lipinski definition) is 1. The van der Waals surface area contributed by atoms with E-state index >= 15 is 0 Å². The van der Waals surface area contributed by atoms with E-state index < -0.39 is 0 Å². The van der Waals surface area contributed by atoms with Crippen molar-refractivity contribution < 1.29 is 0 Å². The van der Waals surface area contributed by atoms with Crippen LogP contribution in [0.2, 0.25) is 0 Å². The predicted octanol–water partition coefficient (Wildman–Crippen LogP) is 4.12. The first kappa shape index (κ1) is 14.4. The topological polar surface area (TPSA) is 58.9 Å². The number of nitrogens with zero attached hydrogens (tertiary/aromatic N) is 4. The van der Waals surface area contributed by atoms with Crippen LogP contribution in [-0.4, -0.2) is 24.8 Å². The SMILES string of the molecule is c1ccc(CCc2nnc3sc(-c4cc5ccccc5[nH]4)nn23)cc1. The predicted molar refractivity (Wildman–Crippen MR) is 99.8 cm³/mol. The van der Waals surface area contributed by atoms with Gasteiger partial charge in [-0.2, -0.15) is 9.61 Å². The summed E-state index contributed by atoms with van der Waals surface area (Å²) in [5.41, 5.74) is 3.43. The molecule has 0 radical (unpaired) electrons. The molecule has 0 fully saturated rings. The molecule has 25 heavy (non-hydrogen) atoms. The standard InChI is InChI=1S/C19H15N5S/c1-2-6-13(7-3-1)10-11-17-21-22-19-24(17)23-18(25-19)16-12-14-8-4-5-9-15(14)20-16/h1-9,12,20H,10-11H2. The molecule has 5 rings (SSSR count). The number of H-pyrrole nitrogens is 1. The van der Waals surface area contributed by atoms with Crippen LogP contribution in [0.25, 0.3) is 26.6 Å². The Kier molecular flexibility index (Phi) is 3.34. The first-order chi connectivity index (χ1) is 12.4. The van der Waals surface area contributed by atoms with Crippen molar-refractivity contribution in [3.05, 3.63) is 72.1 Å². The molecule has 2 aromatic carbocycles. The Labute approximate surface area is 148 Å². The van der Waals surface area contributed by atoms with Crippen molar-refractivity contribution in [1.29, 1.82) is 0 Å². The van der Waals surface area contributed by atoms with Gasteiger partial charge in [-0.15, -0.1) is 10.2 Å². The maximum atomic E-state index is 4.73. The number of para-hydroxylation sites is 1. The summed E-state index contributed by atoms with van der Waals surface area (Å²) in [5, 5.41) is 15.4. The lowest BCUT2D eigenvalue weighted by atomic mass is 10.1. The van der Waals surface area contributed by atoms with Crippen molar-refractivity contribution in [3.8, 4) is 10.7 Å². The molecule has 5 aromatic rings. The van der Waals surface area contributed by atoms with Crippen LogP contribution < -0.4 is 0 Å². The minimum atomic E-state index is 0.820. The zero-order valence-corrected chi connectivity index (χ0v) is 14.2. The zero-order valence-electron chi connectivity index (χ0n) is 13.4. The van der Waals surface area contributed by atoms with Crippen molar-refractivity contribution in [2.75, 3.05) is 0 Å². The van der Waals surface area contributed by atoms with Crippen LogP contribution in [0, 0.1) is 0 Å². The van der Waals surface area contributed by atoms with Crippen molar-refractivity contribution in [2.45, 2.75) is 12.8 Å². The minimum Gasteiger partial charge on any atom is -0.353 e. The molecular weight excluding hydrogens is 330 g/mol. The molecule has 122 valence electrons. The Bertz CT molecular complexity index is 1120. The van der Waals surface area contributed by atoms with Crippen LogP contribution in [0.4, 0.5) is 0 Å². The summed E-state index contributed by atoms with van der Waals surface area (Å²) in [6, 6.07) is 20.8. The first-order valence-corrected chi connectivity index (χ1v) is 9.02. The molecule has 1 N–H and O–H groups in total. The molecule has 0 unspecified atom stereocenters. The Morgan fingerprint density at radius 1 is 0.920 bits per heavy atom. The monoisotopic (exact) mass is 345 g/mol. The zero-order chi connectivity index (χ0) is 16.6. The van der Waals surface area contributed by atoms with E-state index in [2.05, 4.69) is 57.6 Å². The van der Waals surface area contributed by atoms with Gasteiger partial charge in [0.15, 0.2) is 10.8 Å². The van der Waals surface area contributed by atoms with Crippen LogP contribution in [-0.2, 0) is 12.8 Å². The van der Waals surface area contributed by atoms with E-state index in [1.807, 2.05) is 22.7 Å². The number of nitrogens with one attached hydrogen (secondary N) is 1. The number of rotatable bonds is 4. The molecule has 0 spiro atoms. The van der Waals surface area contributed by atoms with E-state index in [9.17, 15) is 0 Å². The molecule has 0 amide bonds. The summed E-state index contributed by atoms with van der Waals surface area (Å²) < 4.78 is 1.87. The van der Waals surface area contributed by atoms with Gasteiger partial charge >= 0.3 is 0 Å². The molecule has 3 heterocycles. The average molecular weight is 345 g/mol. The number of hydrogen-bond acceptors (Lipinski definition) is 4. The fourth-order valence-corrected chi connectivity index (χ4v) is 3.84. The van der Waals surface area contributed by atoms with Gasteiger partial charge in [-0.05, 0) is 24.1 Å². The van der Waals surface area contributed by atoms with Crippen LogP contribution in [0.5, 0.6) is 0 Å². The van der Waals surface area contributed by atoms with Crippen molar-refractivity contribution in [2.24, 2.45) is 0 Å². The van der Waals surface area contributed by atoms with Crippen LogP contribution in [0.15, 0.2) is 60.7 Å². The number of benzene rings is 2. The highest BCUT2D eigenvalue weighted by Crippen LogP contribution is 2.28. The van der Waals surface area contributed by atoms with Gasteiger partial charge in [-0.25, -0.2) is 0 Å². The normalized spacial score (nSPS) is 11.5. The minimum absolute atomic E-state index is 0.820. The van der Waals surface area contributed by atoms with Gasteiger partial charge in [-0.3, -0.25) is 0 Å². The molecular formula is C19H15N5S. The second-order valence-corrected chi connectivity index (χ2v) is 6.93. The highest BCUT2D eigenvalue weighted by Gasteiger charge is 2.14. The fourth-order valence-electron chi connectivity index (χ4n) is 3.01. The van der Waals surface area contributed by atoms with Crippen LogP contribution >= 0.6 is 11.3 Å². The van der Waals surface area contributed by atoms with Crippen molar-refractivity contribution >= 4 is 27.2 Å². The summed E-state index contributed by atoms with van der Waals surface area (Å²) in [6.07, 6.45) is 1.75. The molecule has 3 aromatic heterocycles. The van der Waals surface area contributed by atoms with Crippen LogP contribution in [0.3, 0.4) is 0 Å². The quantitative estimate of drug-likeness (QED) is 0.533. The Balaban J connectivity index is 1.47. The van der Waals surface area contributed by atoms with Gasteiger partial charge in [0, 0.05) is 17.3 Å². The Morgan fingerprint density at radius 2 is 1.76 bits per heavy atom. The van der Waals surface area contributed by atoms with Crippen LogP contribution in [0.1, 0.15) is 11.4 Å². The van der Waals surface area contributed by atoms with Gasteiger partial charge < -0.3 is 4.98 Å². The molecule has 0 bridgehead atoms. The fraction of sp³-hybridized carbons (Fsp3) is 0.105. The lowest BCUT2D eigenvalue weighted by Crippen LogP contribution is -1.99. The summed E-state index contributed by atoms with van der Waals surface area (Å²) in [5.74, 6) is 0.900. The number of aryl methyl sites for hydroxylation is 2. The van der Waals surface area contributed by atoms with Gasteiger partial charge in [0.2, 0.25) is 4.96 Å². The number of fused-ring (bicyclic) bond motifs is 2. The van der Waals surface area contributed by atoms with Crippen molar-refractivity contribution in [1.82, 2.24) is 24.8 Å². The third kappa shape index (κ3) is 2.60. The highest BCUT2D eigenvalue weighted by molar-refractivity contribution is 7.19. The molecule has 0 atom stereocenters. The smallest absolute Gasteiger partial charge is 0.235 e. The molecule has 6 heteroatoms. The lowest BCUT2D eigenvalue weighted by molar-refractivity contribution is 0.793. The Hall–Kier alpha value is -2.99. The molecule has 0 saturated carbocycles. The lowest BCUT2D eigenvalue weighted by Gasteiger charge is -1.98. The highest BCUT2D eigenvalue weighted by atomic mass is 32.1. The maximum absolute atomic E-state index is 4.73. The molecule has 0 aliphatic rings. The second-order valence-electron chi connectivity index (χ2n) is 5.97. The van der Waals surface area contributed by atoms with E-state index in [1.54, 1.807) is 11.3 Å². The van der Waals surface area contributed by atoms with E-state index in [1.165, 1.54) is 10.9 Å². The summed E-state index contributed by atoms with van der Waals surface area (Å²) in [4.78, 5) is 4.26. The second kappa shape index (κ2) is 5.82. The molecule has 5 nitrogen and oxygen atoms in total. The largest absolute Gasteiger partial charge is 0.353 e. The number of aromatic nitrogens is 5. The molecule has 0 aliphatic heterocycles. The summed E-state index contributed by atoms with van der Waals surface area (Å²) >= 11 is 1.56. The maximum Gasteiger partial charge on any atom is 0.235 e. The average Bonchev–Trinajstić information content (AvgIpc) is 3.34. The molecule has 0 saturated heterocycles. The van der Waals surface area contributed by atoms with E-state index in [0.29, 0.717) is 0 Å². The van der Waals surface area contributed by atoms with Gasteiger partial charge in [-0.1, -0.05) is 59.9 Å². The molecule has 0 aliphatic carbocycles. The third-order valence-electron chi connectivity index (χ3n) is 4.30. The summed E-state index contributed by atoms with van der Waals surface area (Å²) in [6.45, 7) is 0. The third-order valence-corrected chi connectivity index (χ3v) is 5.23. The van der Waals surface area contributed by atoms with Gasteiger partial charge in [0.1, 0.15) is 0 Å². The van der Waals surface area contributed by atoms with E-state index in [4.69, 9.17) is 5.10 Å². The van der Waals surface area contributed by atoms with E-state index in [0.717, 1.165) is 39.8 Å². The van der Waals surface area contributed by atoms with Crippen molar-refractivity contribution in [3.63, 3.8) is 0 Å². The Morgan fingerprint density at radius 3 is 2.64 bits per heavy atom. The summed E-state index contributed by atoms with van der Waals surface area (Å²) in [7, 11) is 0. The first-order valence-electron chi connectivity index (χ1n) is 8.20. The van der Waals surface area contributed by atoms with Gasteiger partial charge in [0.25, 0.3) is 0 Å². The van der Waals surface area contributed by atoms with E-state index in [-0.39, 0.29) is 0 Å². The number of aromatic amines is 1. The van der Waals surface area contributed by atoms with Gasteiger partial charge in [0.05, 0.1) is 5.69 Å².